The fourth-order valence-electron chi connectivity index (χ4n) is 2.05. The second kappa shape index (κ2) is 5.63. The summed E-state index contributed by atoms with van der Waals surface area (Å²) in [6.07, 6.45) is 0. The van der Waals surface area contributed by atoms with Gasteiger partial charge in [0.25, 0.3) is 5.91 Å². The molecule has 0 fully saturated rings. The van der Waals surface area contributed by atoms with Crippen molar-refractivity contribution in [3.05, 3.63) is 41.2 Å². The van der Waals surface area contributed by atoms with E-state index in [1.807, 2.05) is 13.8 Å². The summed E-state index contributed by atoms with van der Waals surface area (Å²) in [7, 11) is 0. The van der Waals surface area contributed by atoms with Crippen molar-refractivity contribution in [2.24, 2.45) is 0 Å². The minimum absolute atomic E-state index is 0.0260. The first-order valence-electron chi connectivity index (χ1n) is 6.36. The average molecular weight is 292 g/mol. The highest BCUT2D eigenvalue weighted by atomic mass is 32.1. The molecule has 0 radical (unpaired) electrons. The molecular weight excluding hydrogens is 275 g/mol. The molecule has 0 aliphatic carbocycles. The lowest BCUT2D eigenvalue weighted by Gasteiger charge is -2.09. The van der Waals surface area contributed by atoms with Gasteiger partial charge in [-0.1, -0.05) is 18.2 Å². The van der Waals surface area contributed by atoms with Gasteiger partial charge in [0.2, 0.25) is 0 Å². The highest BCUT2D eigenvalue weighted by Crippen LogP contribution is 2.39. The zero-order valence-electron chi connectivity index (χ0n) is 11.7. The van der Waals surface area contributed by atoms with E-state index < -0.39 is 0 Å². The van der Waals surface area contributed by atoms with Crippen LogP contribution in [0.3, 0.4) is 0 Å². The predicted molar refractivity (Wildman–Crippen MR) is 81.5 cm³/mol. The Morgan fingerprint density at radius 2 is 2.00 bits per heavy atom. The van der Waals surface area contributed by atoms with Crippen molar-refractivity contribution in [3.63, 3.8) is 0 Å². The molecule has 2 rings (SSSR count). The number of benzene rings is 1. The molecular formula is C15H17FN2OS. The third kappa shape index (κ3) is 2.67. The van der Waals surface area contributed by atoms with Gasteiger partial charge in [-0.3, -0.25) is 4.79 Å². The molecule has 3 N–H and O–H groups in total. The summed E-state index contributed by atoms with van der Waals surface area (Å²) in [4.78, 5) is 12.9. The molecule has 0 aliphatic rings. The zero-order valence-corrected chi connectivity index (χ0v) is 12.5. The Bertz CT molecular complexity index is 649. The van der Waals surface area contributed by atoms with E-state index in [1.54, 1.807) is 25.1 Å². The molecule has 5 heteroatoms. The third-order valence-corrected chi connectivity index (χ3v) is 4.09. The van der Waals surface area contributed by atoms with E-state index in [4.69, 9.17) is 5.73 Å². The van der Waals surface area contributed by atoms with Crippen molar-refractivity contribution < 1.29 is 9.18 Å². The van der Waals surface area contributed by atoms with Crippen LogP contribution in [0.1, 0.15) is 29.8 Å². The molecule has 1 heterocycles. The van der Waals surface area contributed by atoms with Gasteiger partial charge in [0.1, 0.15) is 5.82 Å². The minimum Gasteiger partial charge on any atom is -0.390 e. The predicted octanol–water partition coefficient (Wildman–Crippen LogP) is 3.58. The summed E-state index contributed by atoms with van der Waals surface area (Å²) >= 11 is 1.24. The number of carbonyl (C=O) groups is 1. The Labute approximate surface area is 121 Å². The smallest absolute Gasteiger partial charge is 0.254 e. The number of anilines is 1. The van der Waals surface area contributed by atoms with Crippen molar-refractivity contribution >= 4 is 22.2 Å². The summed E-state index contributed by atoms with van der Waals surface area (Å²) in [5.74, 6) is -0.526. The molecule has 1 aromatic carbocycles. The highest BCUT2D eigenvalue weighted by Gasteiger charge is 2.21. The van der Waals surface area contributed by atoms with Crippen LogP contribution in [0, 0.1) is 12.7 Å². The molecule has 0 atom stereocenters. The topological polar surface area (TPSA) is 55.1 Å². The first-order chi connectivity index (χ1) is 9.41. The zero-order chi connectivity index (χ0) is 14.9. The van der Waals surface area contributed by atoms with E-state index in [0.29, 0.717) is 21.0 Å². The van der Waals surface area contributed by atoms with Crippen LogP contribution in [-0.2, 0) is 0 Å². The quantitative estimate of drug-likeness (QED) is 0.908. The van der Waals surface area contributed by atoms with Gasteiger partial charge in [-0.25, -0.2) is 4.39 Å². The Hall–Kier alpha value is -1.88. The second-order valence-corrected chi connectivity index (χ2v) is 5.96. The van der Waals surface area contributed by atoms with E-state index in [9.17, 15) is 9.18 Å². The number of hydrogen-bond acceptors (Lipinski definition) is 3. The summed E-state index contributed by atoms with van der Waals surface area (Å²) < 4.78 is 13.9. The maximum absolute atomic E-state index is 13.9. The Morgan fingerprint density at radius 3 is 2.60 bits per heavy atom. The minimum atomic E-state index is -0.312. The van der Waals surface area contributed by atoms with Gasteiger partial charge in [-0.15, -0.1) is 11.3 Å². The standard InChI is InChI=1S/C15H17FN2OS/c1-8(2)18-15(19)12-9(3)13(20-14(12)17)10-6-4-5-7-11(10)16/h4-8H,17H2,1-3H3,(H,18,19). The van der Waals surface area contributed by atoms with Crippen molar-refractivity contribution in [1.29, 1.82) is 0 Å². The number of thiophene rings is 1. The van der Waals surface area contributed by atoms with Gasteiger partial charge in [0.15, 0.2) is 0 Å². The van der Waals surface area contributed by atoms with Crippen LogP contribution < -0.4 is 11.1 Å². The van der Waals surface area contributed by atoms with E-state index in [1.165, 1.54) is 17.4 Å². The number of nitrogen functional groups attached to an aromatic ring is 1. The summed E-state index contributed by atoms with van der Waals surface area (Å²) in [6, 6.07) is 6.52. The molecule has 2 aromatic rings. The number of halogens is 1. The van der Waals surface area contributed by atoms with Crippen LogP contribution in [0.15, 0.2) is 24.3 Å². The van der Waals surface area contributed by atoms with E-state index in [-0.39, 0.29) is 17.8 Å². The number of nitrogens with two attached hydrogens (primary N) is 1. The number of amides is 1. The first-order valence-corrected chi connectivity index (χ1v) is 7.18. The molecule has 0 spiro atoms. The maximum atomic E-state index is 13.9. The lowest BCUT2D eigenvalue weighted by Crippen LogP contribution is -2.30. The Balaban J connectivity index is 2.49. The maximum Gasteiger partial charge on any atom is 0.254 e. The van der Waals surface area contributed by atoms with Gasteiger partial charge in [-0.2, -0.15) is 0 Å². The number of rotatable bonds is 3. The van der Waals surface area contributed by atoms with E-state index in [2.05, 4.69) is 5.32 Å². The molecule has 1 aromatic heterocycles. The summed E-state index contributed by atoms with van der Waals surface area (Å²) in [5.41, 5.74) is 7.58. The molecule has 0 unspecified atom stereocenters. The molecule has 1 amide bonds. The Kier molecular flexibility index (Phi) is 4.09. The highest BCUT2D eigenvalue weighted by molar-refractivity contribution is 7.19. The molecule has 3 nitrogen and oxygen atoms in total. The molecule has 106 valence electrons. The number of carbonyl (C=O) groups excluding carboxylic acids is 1. The molecule has 0 saturated carbocycles. The van der Waals surface area contributed by atoms with Gasteiger partial charge >= 0.3 is 0 Å². The molecule has 0 bridgehead atoms. The number of hydrogen-bond donors (Lipinski definition) is 2. The summed E-state index contributed by atoms with van der Waals surface area (Å²) in [5, 5.41) is 3.23. The van der Waals surface area contributed by atoms with Gasteiger partial charge in [0, 0.05) is 16.5 Å². The lowest BCUT2D eigenvalue weighted by atomic mass is 10.1. The monoisotopic (exact) mass is 292 g/mol. The van der Waals surface area contributed by atoms with Gasteiger partial charge in [0.05, 0.1) is 10.6 Å². The van der Waals surface area contributed by atoms with Crippen molar-refractivity contribution in [2.75, 3.05) is 5.73 Å². The van der Waals surface area contributed by atoms with E-state index >= 15 is 0 Å². The van der Waals surface area contributed by atoms with Crippen LogP contribution in [0.25, 0.3) is 10.4 Å². The molecule has 0 aliphatic heterocycles. The van der Waals surface area contributed by atoms with Crippen LogP contribution in [-0.4, -0.2) is 11.9 Å². The second-order valence-electron chi connectivity index (χ2n) is 4.90. The molecule has 20 heavy (non-hydrogen) atoms. The van der Waals surface area contributed by atoms with Gasteiger partial charge < -0.3 is 11.1 Å². The van der Waals surface area contributed by atoms with Crippen molar-refractivity contribution in [2.45, 2.75) is 26.8 Å². The average Bonchev–Trinajstić information content (AvgIpc) is 2.64. The normalized spacial score (nSPS) is 10.8. The van der Waals surface area contributed by atoms with Gasteiger partial charge in [-0.05, 0) is 32.4 Å². The largest absolute Gasteiger partial charge is 0.390 e. The van der Waals surface area contributed by atoms with Crippen molar-refractivity contribution in [1.82, 2.24) is 5.32 Å². The molecule has 0 saturated heterocycles. The fraction of sp³-hybridized carbons (Fsp3) is 0.267. The lowest BCUT2D eigenvalue weighted by molar-refractivity contribution is 0.0944. The number of nitrogens with one attached hydrogen (secondary N) is 1. The SMILES string of the molecule is Cc1c(-c2ccccc2F)sc(N)c1C(=O)NC(C)C. The first kappa shape index (κ1) is 14.5. The fourth-order valence-corrected chi connectivity index (χ4v) is 3.15. The Morgan fingerprint density at radius 1 is 1.35 bits per heavy atom. The van der Waals surface area contributed by atoms with E-state index in [0.717, 1.165) is 5.56 Å². The van der Waals surface area contributed by atoms with Crippen LogP contribution in [0.5, 0.6) is 0 Å². The summed E-state index contributed by atoms with van der Waals surface area (Å²) in [6.45, 7) is 5.56. The van der Waals surface area contributed by atoms with Crippen LogP contribution >= 0.6 is 11.3 Å². The van der Waals surface area contributed by atoms with Crippen molar-refractivity contribution in [3.8, 4) is 10.4 Å². The van der Waals surface area contributed by atoms with Crippen LogP contribution in [0.4, 0.5) is 9.39 Å². The van der Waals surface area contributed by atoms with Crippen LogP contribution in [0.2, 0.25) is 0 Å². The third-order valence-electron chi connectivity index (χ3n) is 2.94.